The number of aromatic nitrogens is 3. The second-order valence-corrected chi connectivity index (χ2v) is 5.50. The standard InChI is InChI=1S/C18H26N6/c1-4-6-7-12-23(3)18(19-5-2)21-15-16-9-11-20-17(14-16)24-13-8-10-22-24/h4,8-11,13-14H,1,5-7,12,15H2,2-3H3,(H,19,21). The Morgan fingerprint density at radius 2 is 2.33 bits per heavy atom. The normalized spacial score (nSPS) is 11.3. The van der Waals surface area contributed by atoms with Crippen LogP contribution < -0.4 is 5.32 Å². The van der Waals surface area contributed by atoms with Gasteiger partial charge in [-0.15, -0.1) is 6.58 Å². The van der Waals surface area contributed by atoms with Gasteiger partial charge in [0.25, 0.3) is 0 Å². The molecule has 6 heteroatoms. The number of nitrogens with zero attached hydrogens (tertiary/aromatic N) is 5. The Labute approximate surface area is 143 Å². The summed E-state index contributed by atoms with van der Waals surface area (Å²) in [4.78, 5) is 11.2. The lowest BCUT2D eigenvalue weighted by atomic mass is 10.2. The van der Waals surface area contributed by atoms with Crippen molar-refractivity contribution in [2.24, 2.45) is 4.99 Å². The van der Waals surface area contributed by atoms with Crippen molar-refractivity contribution in [3.63, 3.8) is 0 Å². The number of nitrogens with one attached hydrogen (secondary N) is 1. The average Bonchev–Trinajstić information content (AvgIpc) is 3.13. The molecule has 6 nitrogen and oxygen atoms in total. The number of aliphatic imine (C=N–C) groups is 1. The second kappa shape index (κ2) is 9.50. The van der Waals surface area contributed by atoms with Crippen molar-refractivity contribution in [2.75, 3.05) is 20.1 Å². The van der Waals surface area contributed by atoms with E-state index in [1.165, 1.54) is 0 Å². The number of rotatable bonds is 8. The van der Waals surface area contributed by atoms with Crippen LogP contribution in [0.25, 0.3) is 5.82 Å². The van der Waals surface area contributed by atoms with Crippen molar-refractivity contribution in [3.05, 3.63) is 55.0 Å². The molecule has 24 heavy (non-hydrogen) atoms. The molecule has 0 unspecified atom stereocenters. The van der Waals surface area contributed by atoms with Gasteiger partial charge in [-0.1, -0.05) is 6.08 Å². The van der Waals surface area contributed by atoms with Crippen LogP contribution in [0.4, 0.5) is 0 Å². The van der Waals surface area contributed by atoms with Gasteiger partial charge in [-0.25, -0.2) is 14.7 Å². The summed E-state index contributed by atoms with van der Waals surface area (Å²) in [7, 11) is 2.06. The smallest absolute Gasteiger partial charge is 0.193 e. The Hall–Kier alpha value is -2.63. The minimum Gasteiger partial charge on any atom is -0.357 e. The van der Waals surface area contributed by atoms with Crippen LogP contribution in [0.1, 0.15) is 25.3 Å². The number of unbranched alkanes of at least 4 members (excludes halogenated alkanes) is 1. The predicted molar refractivity (Wildman–Crippen MR) is 98.2 cm³/mol. The van der Waals surface area contributed by atoms with Crippen molar-refractivity contribution in [1.29, 1.82) is 0 Å². The molecule has 0 radical (unpaired) electrons. The van der Waals surface area contributed by atoms with Gasteiger partial charge < -0.3 is 10.2 Å². The molecule has 0 aliphatic rings. The summed E-state index contributed by atoms with van der Waals surface area (Å²) in [6.45, 7) is 8.25. The Morgan fingerprint density at radius 1 is 1.46 bits per heavy atom. The number of pyridine rings is 1. The summed E-state index contributed by atoms with van der Waals surface area (Å²) in [6.07, 6.45) is 9.46. The molecule has 0 saturated heterocycles. The van der Waals surface area contributed by atoms with Crippen molar-refractivity contribution < 1.29 is 0 Å². The van der Waals surface area contributed by atoms with E-state index in [0.717, 1.165) is 43.3 Å². The molecule has 2 heterocycles. The first kappa shape index (κ1) is 17.7. The maximum absolute atomic E-state index is 4.73. The van der Waals surface area contributed by atoms with Crippen LogP contribution in [-0.4, -0.2) is 45.8 Å². The molecule has 0 amide bonds. The van der Waals surface area contributed by atoms with Crippen molar-refractivity contribution in [1.82, 2.24) is 25.0 Å². The fourth-order valence-corrected chi connectivity index (χ4v) is 2.30. The average molecular weight is 326 g/mol. The van der Waals surface area contributed by atoms with E-state index in [0.29, 0.717) is 6.54 Å². The summed E-state index contributed by atoms with van der Waals surface area (Å²) in [6, 6.07) is 5.88. The molecule has 2 aromatic heterocycles. The lowest BCUT2D eigenvalue weighted by molar-refractivity contribution is 0.470. The minimum atomic E-state index is 0.602. The number of guanidine groups is 1. The summed E-state index contributed by atoms with van der Waals surface area (Å²) >= 11 is 0. The summed E-state index contributed by atoms with van der Waals surface area (Å²) < 4.78 is 1.75. The lowest BCUT2D eigenvalue weighted by Gasteiger charge is -2.21. The van der Waals surface area contributed by atoms with Crippen LogP contribution >= 0.6 is 0 Å². The van der Waals surface area contributed by atoms with Crippen molar-refractivity contribution >= 4 is 5.96 Å². The molecule has 2 aromatic rings. The Morgan fingerprint density at radius 3 is 3.04 bits per heavy atom. The van der Waals surface area contributed by atoms with E-state index in [9.17, 15) is 0 Å². The van der Waals surface area contributed by atoms with E-state index in [2.05, 4.69) is 40.8 Å². The molecule has 0 aliphatic heterocycles. The maximum atomic E-state index is 4.73. The van der Waals surface area contributed by atoms with Gasteiger partial charge in [-0.2, -0.15) is 5.10 Å². The quantitative estimate of drug-likeness (QED) is 0.351. The first-order chi connectivity index (χ1) is 11.7. The first-order valence-electron chi connectivity index (χ1n) is 8.30. The fraction of sp³-hybridized carbons (Fsp3) is 0.389. The topological polar surface area (TPSA) is 58.3 Å². The van der Waals surface area contributed by atoms with Crippen LogP contribution in [0.2, 0.25) is 0 Å². The molecular formula is C18H26N6. The van der Waals surface area contributed by atoms with Gasteiger partial charge in [0.05, 0.1) is 6.54 Å². The molecular weight excluding hydrogens is 300 g/mol. The molecule has 0 bridgehead atoms. The predicted octanol–water partition coefficient (Wildman–Crippen LogP) is 2.63. The van der Waals surface area contributed by atoms with Gasteiger partial charge in [0.2, 0.25) is 0 Å². The summed E-state index contributed by atoms with van der Waals surface area (Å²) in [5.74, 6) is 1.72. The van der Waals surface area contributed by atoms with E-state index < -0.39 is 0 Å². The summed E-state index contributed by atoms with van der Waals surface area (Å²) in [5, 5.41) is 7.55. The van der Waals surface area contributed by atoms with Crippen molar-refractivity contribution in [3.8, 4) is 5.82 Å². The third-order valence-electron chi connectivity index (χ3n) is 3.56. The summed E-state index contributed by atoms with van der Waals surface area (Å²) in [5.41, 5.74) is 1.10. The maximum Gasteiger partial charge on any atom is 0.193 e. The zero-order chi connectivity index (χ0) is 17.2. The number of hydrogen-bond donors (Lipinski definition) is 1. The third kappa shape index (κ3) is 5.22. The number of hydrogen-bond acceptors (Lipinski definition) is 3. The van der Waals surface area contributed by atoms with E-state index in [4.69, 9.17) is 4.99 Å². The second-order valence-electron chi connectivity index (χ2n) is 5.50. The highest BCUT2D eigenvalue weighted by Gasteiger charge is 2.05. The van der Waals surface area contributed by atoms with Crippen LogP contribution in [0.5, 0.6) is 0 Å². The zero-order valence-electron chi connectivity index (χ0n) is 14.5. The highest BCUT2D eigenvalue weighted by atomic mass is 15.3. The number of allylic oxidation sites excluding steroid dienone is 1. The molecule has 2 rings (SSSR count). The Bertz CT molecular complexity index is 647. The van der Waals surface area contributed by atoms with Gasteiger partial charge in [0.1, 0.15) is 0 Å². The monoisotopic (exact) mass is 326 g/mol. The molecule has 1 N–H and O–H groups in total. The van der Waals surface area contributed by atoms with Gasteiger partial charge >= 0.3 is 0 Å². The van der Waals surface area contributed by atoms with E-state index in [1.54, 1.807) is 17.1 Å². The molecule has 128 valence electrons. The van der Waals surface area contributed by atoms with Crippen LogP contribution in [0.15, 0.2) is 54.4 Å². The van der Waals surface area contributed by atoms with Gasteiger partial charge in [0.15, 0.2) is 11.8 Å². The zero-order valence-corrected chi connectivity index (χ0v) is 14.5. The van der Waals surface area contributed by atoms with E-state index in [1.807, 2.05) is 30.5 Å². The van der Waals surface area contributed by atoms with Crippen LogP contribution in [0.3, 0.4) is 0 Å². The third-order valence-corrected chi connectivity index (χ3v) is 3.56. The largest absolute Gasteiger partial charge is 0.357 e. The molecule has 0 saturated carbocycles. The Kier molecular flexibility index (Phi) is 7.01. The minimum absolute atomic E-state index is 0.602. The first-order valence-corrected chi connectivity index (χ1v) is 8.30. The molecule has 0 fully saturated rings. The lowest BCUT2D eigenvalue weighted by Crippen LogP contribution is -2.39. The highest BCUT2D eigenvalue weighted by Crippen LogP contribution is 2.08. The van der Waals surface area contributed by atoms with Crippen LogP contribution in [-0.2, 0) is 6.54 Å². The molecule has 0 atom stereocenters. The highest BCUT2D eigenvalue weighted by molar-refractivity contribution is 5.79. The molecule has 0 aliphatic carbocycles. The van der Waals surface area contributed by atoms with E-state index in [-0.39, 0.29) is 0 Å². The SMILES string of the molecule is C=CCCCN(C)C(=NCc1ccnc(-n2cccn2)c1)NCC. The Balaban J connectivity index is 2.05. The van der Waals surface area contributed by atoms with Gasteiger partial charge in [-0.3, -0.25) is 0 Å². The van der Waals surface area contributed by atoms with Gasteiger partial charge in [-0.05, 0) is 43.5 Å². The van der Waals surface area contributed by atoms with Crippen molar-refractivity contribution in [2.45, 2.75) is 26.3 Å². The molecule has 0 aromatic carbocycles. The molecule has 0 spiro atoms. The fourth-order valence-electron chi connectivity index (χ4n) is 2.30. The van der Waals surface area contributed by atoms with Crippen LogP contribution in [0, 0.1) is 0 Å². The van der Waals surface area contributed by atoms with E-state index >= 15 is 0 Å². The van der Waals surface area contributed by atoms with Gasteiger partial charge in [0, 0.05) is 38.7 Å².